The molecule has 0 aliphatic carbocycles. The highest BCUT2D eigenvalue weighted by Gasteiger charge is 2.17. The van der Waals surface area contributed by atoms with Crippen LogP contribution in [0.15, 0.2) is 46.7 Å². The summed E-state index contributed by atoms with van der Waals surface area (Å²) in [6.07, 6.45) is 0. The first kappa shape index (κ1) is 24.1. The van der Waals surface area contributed by atoms with E-state index in [0.717, 1.165) is 22.4 Å². The van der Waals surface area contributed by atoms with Crippen LogP contribution in [0, 0.1) is 20.8 Å². The van der Waals surface area contributed by atoms with Crippen molar-refractivity contribution in [3.8, 4) is 11.3 Å². The first-order valence-electron chi connectivity index (χ1n) is 10.1. The molecule has 0 saturated heterocycles. The molecule has 9 heteroatoms. The number of aromatic nitrogens is 1. The molecule has 0 radical (unpaired) electrons. The summed E-state index contributed by atoms with van der Waals surface area (Å²) in [7, 11) is -1.89. The largest absolute Gasteiger partial charge is 0.301 e. The monoisotopic (exact) mass is 472 g/mol. The molecule has 1 heterocycles. The van der Waals surface area contributed by atoms with E-state index in [1.807, 2.05) is 24.3 Å². The average molecular weight is 473 g/mol. The number of carbonyl (C=O) groups is 1. The van der Waals surface area contributed by atoms with Gasteiger partial charge in [0.05, 0.1) is 17.1 Å². The number of nitrogens with one attached hydrogen (secondary N) is 1. The maximum Gasteiger partial charge on any atom is 0.240 e. The Morgan fingerprint density at radius 3 is 2.38 bits per heavy atom. The van der Waals surface area contributed by atoms with Crippen LogP contribution >= 0.6 is 11.3 Å². The fourth-order valence-corrected chi connectivity index (χ4v) is 4.65. The summed E-state index contributed by atoms with van der Waals surface area (Å²) in [4.78, 5) is 19.1. The summed E-state index contributed by atoms with van der Waals surface area (Å²) in [5.74, 6) is -0.168. The van der Waals surface area contributed by atoms with Crippen LogP contribution in [-0.4, -0.2) is 37.8 Å². The maximum absolute atomic E-state index is 12.6. The van der Waals surface area contributed by atoms with Gasteiger partial charge >= 0.3 is 0 Å². The minimum Gasteiger partial charge on any atom is -0.301 e. The van der Waals surface area contributed by atoms with Gasteiger partial charge < -0.3 is 5.32 Å². The highest BCUT2D eigenvalue weighted by Crippen LogP contribution is 2.29. The maximum atomic E-state index is 12.6. The van der Waals surface area contributed by atoms with Crippen molar-refractivity contribution >= 4 is 32.4 Å². The molecule has 1 unspecified atom stereocenters. The van der Waals surface area contributed by atoms with E-state index in [0.29, 0.717) is 5.13 Å². The SMILES string of the molecule is Cc1cc(C)c(-c2csc(NC(=O)CN(C)C(C)c3ccc(S(N)(=O)=O)cc3)n2)cc1C. The van der Waals surface area contributed by atoms with Crippen molar-refractivity contribution in [2.75, 3.05) is 18.9 Å². The number of amides is 1. The van der Waals surface area contributed by atoms with Crippen LogP contribution in [0.4, 0.5) is 5.13 Å². The van der Waals surface area contributed by atoms with Gasteiger partial charge in [0.15, 0.2) is 5.13 Å². The van der Waals surface area contributed by atoms with Gasteiger partial charge in [-0.15, -0.1) is 11.3 Å². The fourth-order valence-electron chi connectivity index (χ4n) is 3.40. The van der Waals surface area contributed by atoms with Gasteiger partial charge in [-0.1, -0.05) is 18.2 Å². The van der Waals surface area contributed by atoms with Gasteiger partial charge in [0.2, 0.25) is 15.9 Å². The number of nitrogens with two attached hydrogens (primary N) is 1. The van der Waals surface area contributed by atoms with Crippen LogP contribution in [0.2, 0.25) is 0 Å². The summed E-state index contributed by atoms with van der Waals surface area (Å²) in [5, 5.41) is 10.5. The number of likely N-dealkylation sites (N-methyl/N-ethyl adjacent to an activating group) is 1. The number of carbonyl (C=O) groups excluding carboxylic acids is 1. The molecule has 0 aliphatic rings. The van der Waals surface area contributed by atoms with E-state index in [-0.39, 0.29) is 23.4 Å². The Labute approximate surface area is 193 Å². The lowest BCUT2D eigenvalue weighted by Crippen LogP contribution is -2.32. The van der Waals surface area contributed by atoms with Gasteiger partial charge in [-0.3, -0.25) is 9.69 Å². The van der Waals surface area contributed by atoms with Crippen LogP contribution in [0.3, 0.4) is 0 Å². The molecule has 7 nitrogen and oxygen atoms in total. The topological polar surface area (TPSA) is 105 Å². The summed E-state index contributed by atoms with van der Waals surface area (Å²) in [6.45, 7) is 8.34. The van der Waals surface area contributed by atoms with Crippen LogP contribution in [0.5, 0.6) is 0 Å². The third-order valence-corrected chi connectivity index (χ3v) is 7.30. The number of hydrogen-bond acceptors (Lipinski definition) is 6. The van der Waals surface area contributed by atoms with Gasteiger partial charge in [-0.25, -0.2) is 18.5 Å². The number of primary sulfonamides is 1. The molecule has 170 valence electrons. The Hall–Kier alpha value is -2.59. The van der Waals surface area contributed by atoms with E-state index in [1.165, 1.54) is 34.6 Å². The molecule has 3 rings (SSSR count). The molecule has 1 aromatic heterocycles. The van der Waals surface area contributed by atoms with Crippen molar-refractivity contribution in [1.29, 1.82) is 0 Å². The van der Waals surface area contributed by atoms with Gasteiger partial charge in [0, 0.05) is 17.0 Å². The molecule has 32 heavy (non-hydrogen) atoms. The number of hydrogen-bond donors (Lipinski definition) is 2. The van der Waals surface area contributed by atoms with Crippen LogP contribution in [-0.2, 0) is 14.8 Å². The Kier molecular flexibility index (Phi) is 7.14. The second-order valence-corrected chi connectivity index (χ2v) is 10.5. The molecule has 0 aliphatic heterocycles. The molecule has 3 N–H and O–H groups in total. The van der Waals surface area contributed by atoms with Crippen LogP contribution < -0.4 is 10.5 Å². The number of thiazole rings is 1. The molecule has 0 bridgehead atoms. The predicted octanol–water partition coefficient (Wildman–Crippen LogP) is 4.01. The Morgan fingerprint density at radius 2 is 1.75 bits per heavy atom. The Bertz CT molecular complexity index is 1230. The Balaban J connectivity index is 1.64. The third-order valence-electron chi connectivity index (χ3n) is 5.61. The number of benzene rings is 2. The van der Waals surface area contributed by atoms with Crippen molar-refractivity contribution in [2.45, 2.75) is 38.6 Å². The molecule has 2 aromatic carbocycles. The molecule has 0 fully saturated rings. The van der Waals surface area contributed by atoms with E-state index in [1.54, 1.807) is 12.1 Å². The second-order valence-electron chi connectivity index (χ2n) is 8.04. The second kappa shape index (κ2) is 9.50. The van der Waals surface area contributed by atoms with Gasteiger partial charge in [-0.2, -0.15) is 0 Å². The zero-order chi connectivity index (χ0) is 23.6. The lowest BCUT2D eigenvalue weighted by Gasteiger charge is -2.24. The quantitative estimate of drug-likeness (QED) is 0.540. The highest BCUT2D eigenvalue weighted by molar-refractivity contribution is 7.89. The standard InChI is InChI=1S/C23H28N4O3S2/c1-14-10-16(3)20(11-15(14)2)21-13-31-23(25-21)26-22(28)12-27(5)17(4)18-6-8-19(9-7-18)32(24,29)30/h6-11,13,17H,12H2,1-5H3,(H2,24,29,30)(H,25,26,28). The zero-order valence-corrected chi connectivity index (χ0v) is 20.5. The summed E-state index contributed by atoms with van der Waals surface area (Å²) < 4.78 is 22.8. The third kappa shape index (κ3) is 5.60. The molecule has 3 aromatic rings. The summed E-state index contributed by atoms with van der Waals surface area (Å²) in [5.41, 5.74) is 6.40. The average Bonchev–Trinajstić information content (AvgIpc) is 3.17. The van der Waals surface area contributed by atoms with Crippen molar-refractivity contribution < 1.29 is 13.2 Å². The van der Waals surface area contributed by atoms with Crippen molar-refractivity contribution in [2.24, 2.45) is 5.14 Å². The lowest BCUT2D eigenvalue weighted by molar-refractivity contribution is -0.117. The molecule has 0 spiro atoms. The van der Waals surface area contributed by atoms with Crippen molar-refractivity contribution in [3.63, 3.8) is 0 Å². The summed E-state index contributed by atoms with van der Waals surface area (Å²) in [6, 6.07) is 10.5. The van der Waals surface area contributed by atoms with Gasteiger partial charge in [0.25, 0.3) is 0 Å². The number of sulfonamides is 1. The first-order chi connectivity index (χ1) is 15.0. The van der Waals surface area contributed by atoms with E-state index in [4.69, 9.17) is 5.14 Å². The highest BCUT2D eigenvalue weighted by atomic mass is 32.2. The summed E-state index contributed by atoms with van der Waals surface area (Å²) >= 11 is 1.40. The molecular formula is C23H28N4O3S2. The van der Waals surface area contributed by atoms with E-state index in [9.17, 15) is 13.2 Å². The van der Waals surface area contributed by atoms with E-state index in [2.05, 4.69) is 43.2 Å². The number of anilines is 1. The minimum absolute atomic E-state index is 0.0624. The van der Waals surface area contributed by atoms with E-state index >= 15 is 0 Å². The number of rotatable bonds is 7. The number of aryl methyl sites for hydroxylation is 3. The lowest BCUT2D eigenvalue weighted by atomic mass is 9.99. The first-order valence-corrected chi connectivity index (χ1v) is 12.5. The molecule has 1 amide bonds. The minimum atomic E-state index is -3.73. The van der Waals surface area contributed by atoms with E-state index < -0.39 is 10.0 Å². The molecule has 1 atom stereocenters. The van der Waals surface area contributed by atoms with Crippen molar-refractivity contribution in [1.82, 2.24) is 9.88 Å². The van der Waals surface area contributed by atoms with Crippen LogP contribution in [0.25, 0.3) is 11.3 Å². The number of nitrogens with zero attached hydrogens (tertiary/aromatic N) is 2. The van der Waals surface area contributed by atoms with Gasteiger partial charge in [0.1, 0.15) is 0 Å². The molecule has 0 saturated carbocycles. The van der Waals surface area contributed by atoms with Crippen molar-refractivity contribution in [3.05, 3.63) is 64.0 Å². The molecular weight excluding hydrogens is 444 g/mol. The van der Waals surface area contributed by atoms with Gasteiger partial charge in [-0.05, 0) is 75.2 Å². The normalized spacial score (nSPS) is 12.7. The smallest absolute Gasteiger partial charge is 0.240 e. The zero-order valence-electron chi connectivity index (χ0n) is 18.8. The Morgan fingerprint density at radius 1 is 1.12 bits per heavy atom. The van der Waals surface area contributed by atoms with Crippen LogP contribution in [0.1, 0.15) is 35.2 Å². The predicted molar refractivity (Wildman–Crippen MR) is 129 cm³/mol. The fraction of sp³-hybridized carbons (Fsp3) is 0.304.